The van der Waals surface area contributed by atoms with Gasteiger partial charge in [-0.05, 0) is 0 Å². The van der Waals surface area contributed by atoms with Crippen LogP contribution in [0.4, 0.5) is 0 Å². The first kappa shape index (κ1) is 30.4. The predicted molar refractivity (Wildman–Crippen MR) is 137 cm³/mol. The van der Waals surface area contributed by atoms with Gasteiger partial charge < -0.3 is 14.2 Å². The van der Waals surface area contributed by atoms with Crippen molar-refractivity contribution in [1.82, 2.24) is 14.7 Å². The predicted octanol–water partition coefficient (Wildman–Crippen LogP) is 1.53. The summed E-state index contributed by atoms with van der Waals surface area (Å²) in [5.41, 5.74) is 0. The van der Waals surface area contributed by atoms with Crippen LogP contribution < -0.4 is 0 Å². The van der Waals surface area contributed by atoms with Gasteiger partial charge >= 0.3 is 17.9 Å². The molecule has 3 unspecified atom stereocenters. The average Bonchev–Trinajstić information content (AvgIpc) is 2.66. The van der Waals surface area contributed by atoms with Crippen LogP contribution >= 0.6 is 37.9 Å². The largest absolute Gasteiger partial charge is 0.464 e. The Balaban J connectivity index is 2.52. The quantitative estimate of drug-likeness (QED) is 0.167. The third kappa shape index (κ3) is 15.8. The van der Waals surface area contributed by atoms with Crippen LogP contribution in [0.1, 0.15) is 40.0 Å². The Morgan fingerprint density at radius 1 is 0.606 bits per heavy atom. The zero-order valence-electron chi connectivity index (χ0n) is 19.9. The van der Waals surface area contributed by atoms with Crippen molar-refractivity contribution in [3.8, 4) is 0 Å². The molecule has 1 fully saturated rings. The lowest BCUT2D eigenvalue weighted by molar-refractivity contribution is -0.145. The smallest absolute Gasteiger partial charge is 0.306 e. The van der Waals surface area contributed by atoms with E-state index in [4.69, 9.17) is 14.2 Å². The van der Waals surface area contributed by atoms with Crippen LogP contribution in [0.25, 0.3) is 0 Å². The Kier molecular flexibility index (Phi) is 15.5. The molecule has 12 heteroatoms. The molecule has 3 atom stereocenters. The molecule has 9 nitrogen and oxygen atoms in total. The standard InChI is InChI=1S/C21H39N3O6S3/c1-16(31)10-19(25)28-7-4-22-13-23(5-8-29-20(26)11-17(2)32)15-24(14-22)6-9-30-21(27)12-18(3)33/h16-18,31-33H,4-15H2,1-3H3. The number of hydrogen-bond acceptors (Lipinski definition) is 12. The highest BCUT2D eigenvalue weighted by Crippen LogP contribution is 2.09. The van der Waals surface area contributed by atoms with Crippen molar-refractivity contribution < 1.29 is 28.6 Å². The Bertz CT molecular complexity index is 523. The number of esters is 3. The molecule has 1 aliphatic heterocycles. The third-order valence-corrected chi connectivity index (χ3v) is 5.15. The summed E-state index contributed by atoms with van der Waals surface area (Å²) in [5, 5.41) is -0.125. The highest BCUT2D eigenvalue weighted by atomic mass is 32.1. The number of carbonyl (C=O) groups is 3. The van der Waals surface area contributed by atoms with Crippen molar-refractivity contribution in [3.05, 3.63) is 0 Å². The minimum Gasteiger partial charge on any atom is -0.464 e. The third-order valence-electron chi connectivity index (χ3n) is 4.60. The van der Waals surface area contributed by atoms with E-state index in [0.717, 1.165) is 0 Å². The van der Waals surface area contributed by atoms with Crippen LogP contribution in [0.5, 0.6) is 0 Å². The first-order valence-corrected chi connectivity index (χ1v) is 12.8. The lowest BCUT2D eigenvalue weighted by Gasteiger charge is -2.42. The molecule has 0 N–H and O–H groups in total. The van der Waals surface area contributed by atoms with Gasteiger partial charge in [-0.25, -0.2) is 0 Å². The zero-order chi connectivity index (χ0) is 24.8. The molecule has 1 rings (SSSR count). The molecule has 0 aromatic carbocycles. The molecular formula is C21H39N3O6S3. The molecule has 0 saturated carbocycles. The molecule has 0 aromatic heterocycles. The number of nitrogens with zero attached hydrogens (tertiary/aromatic N) is 3. The zero-order valence-corrected chi connectivity index (χ0v) is 22.5. The fourth-order valence-electron chi connectivity index (χ4n) is 3.17. The summed E-state index contributed by atoms with van der Waals surface area (Å²) >= 11 is 12.6. The van der Waals surface area contributed by atoms with E-state index in [1.807, 2.05) is 20.8 Å². The summed E-state index contributed by atoms with van der Waals surface area (Å²) in [6.07, 6.45) is 0.815. The summed E-state index contributed by atoms with van der Waals surface area (Å²) in [6, 6.07) is 0. The van der Waals surface area contributed by atoms with Crippen LogP contribution in [0, 0.1) is 0 Å². The van der Waals surface area contributed by atoms with Crippen LogP contribution in [0.3, 0.4) is 0 Å². The number of rotatable bonds is 15. The van der Waals surface area contributed by atoms with Gasteiger partial charge in [0.25, 0.3) is 0 Å². The van der Waals surface area contributed by atoms with E-state index >= 15 is 0 Å². The second-order valence-electron chi connectivity index (χ2n) is 8.43. The molecule has 1 heterocycles. The van der Waals surface area contributed by atoms with Gasteiger partial charge in [-0.3, -0.25) is 29.1 Å². The maximum absolute atomic E-state index is 11.8. The molecule has 192 valence electrons. The van der Waals surface area contributed by atoms with Crippen molar-refractivity contribution in [1.29, 1.82) is 0 Å². The molecule has 0 spiro atoms. The van der Waals surface area contributed by atoms with Crippen molar-refractivity contribution >= 4 is 55.8 Å². The second kappa shape index (κ2) is 16.9. The lowest BCUT2D eigenvalue weighted by Crippen LogP contribution is -2.56. The molecule has 0 aromatic rings. The minimum atomic E-state index is -0.265. The lowest BCUT2D eigenvalue weighted by atomic mass is 10.3. The van der Waals surface area contributed by atoms with Gasteiger partial charge in [-0.2, -0.15) is 37.9 Å². The Hall–Kier alpha value is -0.660. The number of ether oxygens (including phenoxy) is 3. The van der Waals surface area contributed by atoms with E-state index in [0.29, 0.717) is 39.6 Å². The fourth-order valence-corrected chi connectivity index (χ4v) is 3.62. The molecule has 0 aliphatic carbocycles. The van der Waals surface area contributed by atoms with E-state index in [2.05, 4.69) is 52.6 Å². The first-order chi connectivity index (χ1) is 15.5. The number of thiol groups is 3. The maximum Gasteiger partial charge on any atom is 0.306 e. The van der Waals surface area contributed by atoms with Gasteiger partial charge in [-0.1, -0.05) is 20.8 Å². The fraction of sp³-hybridized carbons (Fsp3) is 0.857. The van der Waals surface area contributed by atoms with Gasteiger partial charge in [0.1, 0.15) is 19.8 Å². The van der Waals surface area contributed by atoms with Gasteiger partial charge in [0.05, 0.1) is 39.3 Å². The Morgan fingerprint density at radius 2 is 0.848 bits per heavy atom. The van der Waals surface area contributed by atoms with Crippen molar-refractivity contribution in [2.75, 3.05) is 59.5 Å². The van der Waals surface area contributed by atoms with E-state index in [1.54, 1.807) is 0 Å². The van der Waals surface area contributed by atoms with Gasteiger partial charge in [-0.15, -0.1) is 0 Å². The summed E-state index contributed by atoms with van der Waals surface area (Å²) < 4.78 is 15.9. The van der Waals surface area contributed by atoms with E-state index < -0.39 is 0 Å². The normalized spacial score (nSPS) is 18.4. The number of hydrogen-bond donors (Lipinski definition) is 3. The number of carbonyl (C=O) groups excluding carboxylic acids is 3. The molecule has 0 amide bonds. The van der Waals surface area contributed by atoms with Crippen molar-refractivity contribution in [2.24, 2.45) is 0 Å². The molecule has 0 radical (unpaired) electrons. The molecule has 1 aliphatic rings. The van der Waals surface area contributed by atoms with Crippen LogP contribution in [0.2, 0.25) is 0 Å². The SMILES string of the molecule is CC(S)CC(=O)OCCN1CN(CCOC(=O)CC(C)S)CN(CCOC(=O)CC(C)S)C1. The van der Waals surface area contributed by atoms with E-state index in [-0.39, 0.29) is 72.7 Å². The van der Waals surface area contributed by atoms with Crippen molar-refractivity contribution in [2.45, 2.75) is 55.8 Å². The summed E-state index contributed by atoms with van der Waals surface area (Å²) in [5.74, 6) is -0.795. The highest BCUT2D eigenvalue weighted by Gasteiger charge is 2.24. The molecule has 1 saturated heterocycles. The maximum atomic E-state index is 11.8. The first-order valence-electron chi connectivity index (χ1n) is 11.2. The monoisotopic (exact) mass is 525 g/mol. The highest BCUT2D eigenvalue weighted by molar-refractivity contribution is 7.81. The average molecular weight is 526 g/mol. The van der Waals surface area contributed by atoms with E-state index in [9.17, 15) is 14.4 Å². The summed E-state index contributed by atoms with van der Waals surface area (Å²) in [4.78, 5) is 41.7. The van der Waals surface area contributed by atoms with Crippen LogP contribution in [-0.2, 0) is 28.6 Å². The summed E-state index contributed by atoms with van der Waals surface area (Å²) in [7, 11) is 0. The molecular weight excluding hydrogens is 486 g/mol. The van der Waals surface area contributed by atoms with E-state index in [1.165, 1.54) is 0 Å². The van der Waals surface area contributed by atoms with Crippen molar-refractivity contribution in [3.63, 3.8) is 0 Å². The molecule has 0 bridgehead atoms. The molecule has 33 heavy (non-hydrogen) atoms. The Morgan fingerprint density at radius 3 is 1.06 bits per heavy atom. The Labute approximate surface area is 214 Å². The van der Waals surface area contributed by atoms with Gasteiger partial charge in [0.2, 0.25) is 0 Å². The minimum absolute atomic E-state index is 0.0417. The second-order valence-corrected chi connectivity index (χ2v) is 11.1. The van der Waals surface area contributed by atoms with Gasteiger partial charge in [0.15, 0.2) is 0 Å². The van der Waals surface area contributed by atoms with Crippen LogP contribution in [-0.4, -0.2) is 108 Å². The van der Waals surface area contributed by atoms with Crippen LogP contribution in [0.15, 0.2) is 0 Å². The van der Waals surface area contributed by atoms with Gasteiger partial charge in [0, 0.05) is 35.4 Å². The summed E-state index contributed by atoms with van der Waals surface area (Å²) in [6.45, 7) is 10.0. The topological polar surface area (TPSA) is 88.6 Å².